The lowest BCUT2D eigenvalue weighted by molar-refractivity contribution is -0.126. The summed E-state index contributed by atoms with van der Waals surface area (Å²) in [6, 6.07) is 8.20. The predicted octanol–water partition coefficient (Wildman–Crippen LogP) is 0.771. The summed E-state index contributed by atoms with van der Waals surface area (Å²) in [5.41, 5.74) is 7.82. The van der Waals surface area contributed by atoms with Crippen LogP contribution in [-0.2, 0) is 11.2 Å². The third-order valence-electron chi connectivity index (χ3n) is 2.90. The van der Waals surface area contributed by atoms with Gasteiger partial charge in [-0.25, -0.2) is 0 Å². The van der Waals surface area contributed by atoms with Crippen molar-refractivity contribution in [3.63, 3.8) is 0 Å². The molecule has 2 N–H and O–H groups in total. The number of benzene rings is 1. The number of nitrogens with zero attached hydrogens (tertiary/aromatic N) is 2. The molecule has 1 aliphatic heterocycles. The Labute approximate surface area is 95.6 Å². The first-order valence-electron chi connectivity index (χ1n) is 5.55. The van der Waals surface area contributed by atoms with Gasteiger partial charge in [0.1, 0.15) is 0 Å². The molecular weight excluding hydrogens is 202 g/mol. The van der Waals surface area contributed by atoms with E-state index in [1.54, 1.807) is 5.01 Å². The maximum atomic E-state index is 11.4. The molecule has 1 fully saturated rings. The van der Waals surface area contributed by atoms with Gasteiger partial charge in [0.25, 0.3) is 0 Å². The highest BCUT2D eigenvalue weighted by Gasteiger charge is 2.25. The Morgan fingerprint density at radius 3 is 2.88 bits per heavy atom. The van der Waals surface area contributed by atoms with Gasteiger partial charge in [0, 0.05) is 20.0 Å². The van der Waals surface area contributed by atoms with Crippen LogP contribution in [0, 0.1) is 0 Å². The highest BCUT2D eigenvalue weighted by atomic mass is 16.2. The third-order valence-corrected chi connectivity index (χ3v) is 2.90. The predicted molar refractivity (Wildman–Crippen MR) is 63.9 cm³/mol. The normalized spacial score (nSPS) is 16.0. The van der Waals surface area contributed by atoms with Crippen LogP contribution in [0.1, 0.15) is 12.0 Å². The number of carbonyl (C=O) groups is 1. The van der Waals surface area contributed by atoms with Crippen LogP contribution in [0.2, 0.25) is 0 Å². The smallest absolute Gasteiger partial charge is 0.242 e. The number of anilines is 1. The molecule has 1 heterocycles. The lowest BCUT2D eigenvalue weighted by Gasteiger charge is -2.26. The van der Waals surface area contributed by atoms with E-state index in [0.717, 1.165) is 18.7 Å². The lowest BCUT2D eigenvalue weighted by Crippen LogP contribution is -2.35. The second kappa shape index (κ2) is 4.53. The van der Waals surface area contributed by atoms with Gasteiger partial charge in [0.2, 0.25) is 5.91 Å². The molecule has 86 valence electrons. The highest BCUT2D eigenvalue weighted by molar-refractivity contribution is 5.81. The Hall–Kier alpha value is -1.55. The van der Waals surface area contributed by atoms with Crippen LogP contribution in [-0.4, -0.2) is 31.1 Å². The van der Waals surface area contributed by atoms with E-state index >= 15 is 0 Å². The Bertz CT molecular complexity index is 392. The van der Waals surface area contributed by atoms with Crippen molar-refractivity contribution in [2.24, 2.45) is 5.73 Å². The SMILES string of the molecule is CN1C(=O)CCN1c1cccc(CCN)c1. The summed E-state index contributed by atoms with van der Waals surface area (Å²) in [4.78, 5) is 11.4. The van der Waals surface area contributed by atoms with Crippen LogP contribution in [0.5, 0.6) is 0 Å². The van der Waals surface area contributed by atoms with E-state index in [4.69, 9.17) is 5.73 Å². The van der Waals surface area contributed by atoms with Gasteiger partial charge in [-0.1, -0.05) is 12.1 Å². The zero-order chi connectivity index (χ0) is 11.5. The summed E-state index contributed by atoms with van der Waals surface area (Å²) in [6.45, 7) is 1.42. The molecule has 0 aliphatic carbocycles. The van der Waals surface area contributed by atoms with Gasteiger partial charge in [-0.2, -0.15) is 0 Å². The number of hydrogen-bond acceptors (Lipinski definition) is 3. The first kappa shape index (κ1) is 11.0. The Morgan fingerprint density at radius 1 is 1.44 bits per heavy atom. The molecule has 2 rings (SSSR count). The van der Waals surface area contributed by atoms with Crippen molar-refractivity contribution in [2.75, 3.05) is 25.1 Å². The van der Waals surface area contributed by atoms with Crippen LogP contribution < -0.4 is 10.7 Å². The molecule has 1 aliphatic rings. The quantitative estimate of drug-likeness (QED) is 0.817. The van der Waals surface area contributed by atoms with Crippen LogP contribution in [0.25, 0.3) is 0 Å². The second-order valence-corrected chi connectivity index (χ2v) is 4.00. The van der Waals surface area contributed by atoms with E-state index in [0.29, 0.717) is 13.0 Å². The van der Waals surface area contributed by atoms with Crippen molar-refractivity contribution in [3.05, 3.63) is 29.8 Å². The van der Waals surface area contributed by atoms with Crippen molar-refractivity contribution in [1.82, 2.24) is 5.01 Å². The highest BCUT2D eigenvalue weighted by Crippen LogP contribution is 2.22. The van der Waals surface area contributed by atoms with Crippen LogP contribution in [0.3, 0.4) is 0 Å². The third kappa shape index (κ3) is 2.02. The van der Waals surface area contributed by atoms with Gasteiger partial charge >= 0.3 is 0 Å². The van der Waals surface area contributed by atoms with E-state index in [-0.39, 0.29) is 5.91 Å². The van der Waals surface area contributed by atoms with E-state index in [2.05, 4.69) is 12.1 Å². The molecule has 1 amide bonds. The van der Waals surface area contributed by atoms with E-state index in [1.165, 1.54) is 5.56 Å². The van der Waals surface area contributed by atoms with Gasteiger partial charge in [-0.15, -0.1) is 0 Å². The lowest BCUT2D eigenvalue weighted by atomic mass is 10.1. The molecule has 0 unspecified atom stereocenters. The summed E-state index contributed by atoms with van der Waals surface area (Å²) >= 11 is 0. The molecule has 1 aromatic carbocycles. The number of hydrazine groups is 1. The fourth-order valence-electron chi connectivity index (χ4n) is 1.99. The Morgan fingerprint density at radius 2 is 2.25 bits per heavy atom. The van der Waals surface area contributed by atoms with Crippen molar-refractivity contribution >= 4 is 11.6 Å². The second-order valence-electron chi connectivity index (χ2n) is 4.00. The first-order chi connectivity index (χ1) is 7.72. The number of amides is 1. The number of carbonyl (C=O) groups excluding carboxylic acids is 1. The first-order valence-corrected chi connectivity index (χ1v) is 5.55. The minimum Gasteiger partial charge on any atom is -0.330 e. The Balaban J connectivity index is 2.20. The summed E-state index contributed by atoms with van der Waals surface area (Å²) in [6.07, 6.45) is 1.47. The molecule has 0 spiro atoms. The maximum Gasteiger partial charge on any atom is 0.242 e. The standard InChI is InChI=1S/C12H17N3O/c1-14-12(16)6-8-15(14)11-4-2-3-10(9-11)5-7-13/h2-4,9H,5-8,13H2,1H3. The minimum atomic E-state index is 0.171. The average Bonchev–Trinajstić information content (AvgIpc) is 2.61. The van der Waals surface area contributed by atoms with Crippen molar-refractivity contribution in [1.29, 1.82) is 0 Å². The van der Waals surface area contributed by atoms with Gasteiger partial charge < -0.3 is 5.73 Å². The zero-order valence-electron chi connectivity index (χ0n) is 9.52. The molecule has 0 saturated carbocycles. The molecular formula is C12H17N3O. The summed E-state index contributed by atoms with van der Waals surface area (Å²) in [5.74, 6) is 0.171. The number of rotatable bonds is 3. The fraction of sp³-hybridized carbons (Fsp3) is 0.417. The average molecular weight is 219 g/mol. The molecule has 0 bridgehead atoms. The fourth-order valence-corrected chi connectivity index (χ4v) is 1.99. The summed E-state index contributed by atoms with van der Waals surface area (Å²) in [7, 11) is 1.81. The van der Waals surface area contributed by atoms with Gasteiger partial charge in [0.05, 0.1) is 5.69 Å². The van der Waals surface area contributed by atoms with Crippen LogP contribution >= 0.6 is 0 Å². The molecule has 1 saturated heterocycles. The maximum absolute atomic E-state index is 11.4. The molecule has 0 atom stereocenters. The van der Waals surface area contributed by atoms with E-state index in [9.17, 15) is 4.79 Å². The molecule has 0 aromatic heterocycles. The van der Waals surface area contributed by atoms with Gasteiger partial charge in [0.15, 0.2) is 0 Å². The van der Waals surface area contributed by atoms with E-state index < -0.39 is 0 Å². The largest absolute Gasteiger partial charge is 0.330 e. The van der Waals surface area contributed by atoms with Gasteiger partial charge in [-0.05, 0) is 30.7 Å². The zero-order valence-corrected chi connectivity index (χ0v) is 9.52. The molecule has 1 aromatic rings. The Kier molecular flexibility index (Phi) is 3.10. The summed E-state index contributed by atoms with van der Waals surface area (Å²) < 4.78 is 0. The molecule has 4 nitrogen and oxygen atoms in total. The molecule has 16 heavy (non-hydrogen) atoms. The van der Waals surface area contributed by atoms with Crippen molar-refractivity contribution in [2.45, 2.75) is 12.8 Å². The van der Waals surface area contributed by atoms with Crippen molar-refractivity contribution < 1.29 is 4.79 Å². The van der Waals surface area contributed by atoms with E-state index in [1.807, 2.05) is 24.2 Å². The van der Waals surface area contributed by atoms with Crippen LogP contribution in [0.15, 0.2) is 24.3 Å². The monoisotopic (exact) mass is 219 g/mol. The van der Waals surface area contributed by atoms with Crippen molar-refractivity contribution in [3.8, 4) is 0 Å². The van der Waals surface area contributed by atoms with Gasteiger partial charge in [-0.3, -0.25) is 14.8 Å². The topological polar surface area (TPSA) is 49.6 Å². The summed E-state index contributed by atoms with van der Waals surface area (Å²) in [5, 5.41) is 3.68. The minimum absolute atomic E-state index is 0.171. The van der Waals surface area contributed by atoms with Crippen LogP contribution in [0.4, 0.5) is 5.69 Å². The molecule has 0 radical (unpaired) electrons. The number of nitrogens with two attached hydrogens (primary N) is 1. The number of hydrogen-bond donors (Lipinski definition) is 1. The molecule has 4 heteroatoms.